The van der Waals surface area contributed by atoms with Crippen molar-refractivity contribution in [2.75, 3.05) is 0 Å². The van der Waals surface area contributed by atoms with E-state index in [1.165, 1.54) is 16.7 Å². The van der Waals surface area contributed by atoms with Gasteiger partial charge in [0.2, 0.25) is 0 Å². The largest absolute Gasteiger partial charge is 0.269 e. The van der Waals surface area contributed by atoms with Crippen LogP contribution in [0.2, 0.25) is 0 Å². The van der Waals surface area contributed by atoms with Gasteiger partial charge in [-0.1, -0.05) is 0 Å². The van der Waals surface area contributed by atoms with Crippen molar-refractivity contribution in [2.24, 2.45) is 0 Å². The van der Waals surface area contributed by atoms with Crippen molar-refractivity contribution < 1.29 is 9.41 Å². The van der Waals surface area contributed by atoms with Crippen LogP contribution in [0.4, 0.5) is 9.41 Å². The molecule has 24 heavy (non-hydrogen) atoms. The van der Waals surface area contributed by atoms with Crippen LogP contribution in [0.15, 0.2) is 72.8 Å². The summed E-state index contributed by atoms with van der Waals surface area (Å²) in [6.45, 7) is 6.47. The predicted molar refractivity (Wildman–Crippen MR) is 103 cm³/mol. The molecule has 0 radical (unpaired) electrons. The third-order valence-electron chi connectivity index (χ3n) is 3.88. The Balaban J connectivity index is 0.00000144. The molecule has 3 heteroatoms. The van der Waals surface area contributed by atoms with E-state index in [0.717, 1.165) is 0 Å². The molecule has 3 aromatic carbocycles. The molecule has 0 aromatic heterocycles. The molecule has 0 amide bonds. The molecule has 0 aliphatic heterocycles. The number of hydrogen-bond acceptors (Lipinski definition) is 0. The van der Waals surface area contributed by atoms with Crippen LogP contribution in [-0.2, 0) is 0 Å². The minimum absolute atomic E-state index is 0. The molecule has 0 aliphatic carbocycles. The fraction of sp³-hybridized carbons (Fsp3) is 0.143. The first-order valence-electron chi connectivity index (χ1n) is 7.63. The summed E-state index contributed by atoms with van der Waals surface area (Å²) in [5.74, 6) is 0. The van der Waals surface area contributed by atoms with Gasteiger partial charge in [0.05, 0.1) is 0 Å². The topological polar surface area (TPSA) is 0 Å². The van der Waals surface area contributed by atoms with Crippen molar-refractivity contribution in [3.05, 3.63) is 89.5 Å². The van der Waals surface area contributed by atoms with Gasteiger partial charge in [0, 0.05) is 0 Å². The van der Waals surface area contributed by atoms with Crippen molar-refractivity contribution >= 4 is 31.6 Å². The van der Waals surface area contributed by atoms with Gasteiger partial charge in [0.25, 0.3) is 0 Å². The molecule has 0 unspecified atom stereocenters. The summed E-state index contributed by atoms with van der Waals surface area (Å²) in [7, 11) is 0. The van der Waals surface area contributed by atoms with Crippen LogP contribution in [0.1, 0.15) is 16.7 Å². The van der Waals surface area contributed by atoms with E-state index in [-0.39, 0.29) is 9.41 Å². The van der Waals surface area contributed by atoms with Gasteiger partial charge in [-0.2, -0.15) is 0 Å². The number of rotatable bonds is 3. The van der Waals surface area contributed by atoms with Crippen molar-refractivity contribution in [1.29, 1.82) is 0 Å². The summed E-state index contributed by atoms with van der Waals surface area (Å²) < 4.78 is 4.65. The van der Waals surface area contributed by atoms with Crippen LogP contribution in [0.25, 0.3) is 0 Å². The maximum absolute atomic E-state index is 2.34. The zero-order chi connectivity index (χ0) is 15.5. The SMILES string of the molecule is Cc1cc[c]([Bi]([c]2ccc(C)cc2)[c]2ccc(C)cc2)cc1.F.F. The van der Waals surface area contributed by atoms with Crippen molar-refractivity contribution in [3.63, 3.8) is 0 Å². The van der Waals surface area contributed by atoms with Crippen molar-refractivity contribution in [1.82, 2.24) is 0 Å². The van der Waals surface area contributed by atoms with Gasteiger partial charge in [-0.15, -0.1) is 0 Å². The smallest absolute Gasteiger partial charge is 0.269 e. The number of aryl methyl sites for hydroxylation is 3. The Labute approximate surface area is 151 Å². The average Bonchev–Trinajstić information content (AvgIpc) is 2.53. The molecule has 3 aromatic rings. The summed E-state index contributed by atoms with van der Waals surface area (Å²) in [6, 6.07) is 27.5. The monoisotopic (exact) mass is 522 g/mol. The van der Waals surface area contributed by atoms with E-state index < -0.39 is 21.8 Å². The Morgan fingerprint density at radius 3 is 0.833 bits per heavy atom. The summed E-state index contributed by atoms with van der Waals surface area (Å²) >= 11 is -2.15. The van der Waals surface area contributed by atoms with E-state index in [1.54, 1.807) is 9.81 Å². The van der Waals surface area contributed by atoms with Crippen LogP contribution < -0.4 is 9.81 Å². The Bertz CT molecular complexity index is 639. The first-order chi connectivity index (χ1) is 10.6. The maximum Gasteiger partial charge on any atom is -0.269 e. The first kappa shape index (κ1) is 20.4. The molecular formula is C21H23BiF2. The van der Waals surface area contributed by atoms with E-state index in [4.69, 9.17) is 0 Å². The summed E-state index contributed by atoms with van der Waals surface area (Å²) in [6.07, 6.45) is 0. The summed E-state index contributed by atoms with van der Waals surface area (Å²) in [5, 5.41) is 0. The van der Waals surface area contributed by atoms with Gasteiger partial charge in [-0.3, -0.25) is 9.41 Å². The molecular weight excluding hydrogens is 499 g/mol. The molecule has 0 heterocycles. The molecule has 0 saturated carbocycles. The number of hydrogen-bond donors (Lipinski definition) is 0. The van der Waals surface area contributed by atoms with E-state index >= 15 is 0 Å². The molecule has 0 saturated heterocycles. The summed E-state index contributed by atoms with van der Waals surface area (Å²) in [4.78, 5) is 0. The Morgan fingerprint density at radius 2 is 0.625 bits per heavy atom. The van der Waals surface area contributed by atoms with Crippen LogP contribution in [-0.4, -0.2) is 21.8 Å². The molecule has 0 nitrogen and oxygen atoms in total. The fourth-order valence-electron chi connectivity index (χ4n) is 2.53. The molecule has 0 fully saturated rings. The second kappa shape index (κ2) is 9.03. The predicted octanol–water partition coefficient (Wildman–Crippen LogP) is 3.43. The molecule has 0 atom stereocenters. The Kier molecular flexibility index (Phi) is 7.70. The van der Waals surface area contributed by atoms with Gasteiger partial charge in [0.1, 0.15) is 0 Å². The van der Waals surface area contributed by atoms with Gasteiger partial charge in [0.15, 0.2) is 0 Å². The van der Waals surface area contributed by atoms with Crippen LogP contribution in [0.5, 0.6) is 0 Å². The Hall–Kier alpha value is -1.60. The molecule has 0 spiro atoms. The Morgan fingerprint density at radius 1 is 0.417 bits per heavy atom. The van der Waals surface area contributed by atoms with Gasteiger partial charge >= 0.3 is 142 Å². The van der Waals surface area contributed by atoms with Crippen LogP contribution >= 0.6 is 0 Å². The van der Waals surface area contributed by atoms with Crippen molar-refractivity contribution in [3.8, 4) is 0 Å². The number of benzene rings is 3. The number of halogens is 2. The van der Waals surface area contributed by atoms with Crippen LogP contribution in [0, 0.1) is 20.8 Å². The van der Waals surface area contributed by atoms with E-state index in [1.807, 2.05) is 0 Å². The minimum atomic E-state index is -2.15. The zero-order valence-corrected chi connectivity index (χ0v) is 17.7. The molecule has 0 aliphatic rings. The second-order valence-corrected chi connectivity index (χ2v) is 14.5. The molecule has 126 valence electrons. The second-order valence-electron chi connectivity index (χ2n) is 5.84. The summed E-state index contributed by atoms with van der Waals surface area (Å²) in [5.41, 5.74) is 4.00. The van der Waals surface area contributed by atoms with Gasteiger partial charge in [-0.05, 0) is 0 Å². The van der Waals surface area contributed by atoms with E-state index in [9.17, 15) is 0 Å². The van der Waals surface area contributed by atoms with Crippen molar-refractivity contribution in [2.45, 2.75) is 20.8 Å². The first-order valence-corrected chi connectivity index (χ1v) is 12.9. The third-order valence-corrected chi connectivity index (χ3v) is 13.4. The zero-order valence-electron chi connectivity index (χ0n) is 14.2. The standard InChI is InChI=1S/3C7H7.Bi.2FH/c3*1-7-5-3-2-4-6-7;;;/h3*3-6H,1H3;;2*1H. The molecule has 3 rings (SSSR count). The van der Waals surface area contributed by atoms with E-state index in [2.05, 4.69) is 93.6 Å². The van der Waals surface area contributed by atoms with Gasteiger partial charge < -0.3 is 0 Å². The van der Waals surface area contributed by atoms with Crippen LogP contribution in [0.3, 0.4) is 0 Å². The third kappa shape index (κ3) is 4.71. The minimum Gasteiger partial charge on any atom is -0.269 e. The molecule has 0 bridgehead atoms. The normalized spacial score (nSPS) is 10.0. The quantitative estimate of drug-likeness (QED) is 0.463. The fourth-order valence-corrected chi connectivity index (χ4v) is 11.2. The maximum atomic E-state index is 2.34. The van der Waals surface area contributed by atoms with E-state index in [0.29, 0.717) is 0 Å². The molecule has 0 N–H and O–H groups in total. The average molecular weight is 522 g/mol. The van der Waals surface area contributed by atoms with Gasteiger partial charge in [-0.25, -0.2) is 0 Å².